The fourth-order valence-corrected chi connectivity index (χ4v) is 2.37. The van der Waals surface area contributed by atoms with Gasteiger partial charge in [-0.3, -0.25) is 4.79 Å². The number of hydrogen-bond acceptors (Lipinski definition) is 2. The molecule has 1 aliphatic heterocycles. The molecule has 3 nitrogen and oxygen atoms in total. The highest BCUT2D eigenvalue weighted by Gasteiger charge is 2.19. The van der Waals surface area contributed by atoms with E-state index in [0.29, 0.717) is 25.9 Å². The van der Waals surface area contributed by atoms with Gasteiger partial charge in [0.15, 0.2) is 0 Å². The summed E-state index contributed by atoms with van der Waals surface area (Å²) in [6, 6.07) is 6.20. The molecule has 1 heterocycles. The van der Waals surface area contributed by atoms with Gasteiger partial charge in [-0.25, -0.2) is 0 Å². The number of carbonyl (C=O) groups excluding carboxylic acids is 1. The zero-order valence-electron chi connectivity index (χ0n) is 11.6. The first kappa shape index (κ1) is 13.8. The molecule has 1 aromatic rings. The lowest BCUT2D eigenvalue weighted by Gasteiger charge is -2.28. The molecule has 1 fully saturated rings. The lowest BCUT2D eigenvalue weighted by atomic mass is 10.0. The van der Waals surface area contributed by atoms with E-state index in [0.717, 1.165) is 5.56 Å². The summed E-state index contributed by atoms with van der Waals surface area (Å²) in [4.78, 5) is 13.8. The SMILES string of the molecule is Cc1ccc(/C=C/C(=O)N2CCC(O)CC2)c(C)c1. The number of piperidine rings is 1. The molecular weight excluding hydrogens is 238 g/mol. The van der Waals surface area contributed by atoms with Gasteiger partial charge in [0, 0.05) is 19.2 Å². The monoisotopic (exact) mass is 259 g/mol. The Bertz CT molecular complexity index is 486. The molecule has 3 heteroatoms. The Balaban J connectivity index is 2.00. The maximum Gasteiger partial charge on any atom is 0.246 e. The van der Waals surface area contributed by atoms with Gasteiger partial charge in [0.1, 0.15) is 0 Å². The molecule has 102 valence electrons. The molecule has 1 aromatic carbocycles. The molecule has 1 amide bonds. The number of amides is 1. The minimum Gasteiger partial charge on any atom is -0.393 e. The number of rotatable bonds is 2. The third-order valence-corrected chi connectivity index (χ3v) is 3.61. The van der Waals surface area contributed by atoms with Crippen LogP contribution in [0.1, 0.15) is 29.5 Å². The van der Waals surface area contributed by atoms with Crippen molar-refractivity contribution in [1.29, 1.82) is 0 Å². The zero-order chi connectivity index (χ0) is 13.8. The lowest BCUT2D eigenvalue weighted by Crippen LogP contribution is -2.39. The third-order valence-electron chi connectivity index (χ3n) is 3.61. The summed E-state index contributed by atoms with van der Waals surface area (Å²) in [6.45, 7) is 5.41. The van der Waals surface area contributed by atoms with E-state index in [9.17, 15) is 9.90 Å². The maximum atomic E-state index is 12.0. The molecule has 0 aliphatic carbocycles. The predicted octanol–water partition coefficient (Wildman–Crippen LogP) is 2.30. The van der Waals surface area contributed by atoms with E-state index in [1.807, 2.05) is 12.1 Å². The van der Waals surface area contributed by atoms with Crippen molar-refractivity contribution in [3.05, 3.63) is 41.0 Å². The number of hydrogen-bond donors (Lipinski definition) is 1. The zero-order valence-corrected chi connectivity index (χ0v) is 11.6. The normalized spacial score (nSPS) is 17.1. The lowest BCUT2D eigenvalue weighted by molar-refractivity contribution is -0.127. The van der Waals surface area contributed by atoms with Gasteiger partial charge in [0.2, 0.25) is 5.91 Å². The number of aliphatic hydroxyl groups is 1. The largest absolute Gasteiger partial charge is 0.393 e. The van der Waals surface area contributed by atoms with Crippen LogP contribution < -0.4 is 0 Å². The smallest absolute Gasteiger partial charge is 0.246 e. The highest BCUT2D eigenvalue weighted by Crippen LogP contribution is 2.14. The van der Waals surface area contributed by atoms with Crippen LogP contribution in [0.15, 0.2) is 24.3 Å². The van der Waals surface area contributed by atoms with Crippen molar-refractivity contribution < 1.29 is 9.90 Å². The number of nitrogens with zero attached hydrogens (tertiary/aromatic N) is 1. The fraction of sp³-hybridized carbons (Fsp3) is 0.438. The molecule has 1 N–H and O–H groups in total. The van der Waals surface area contributed by atoms with Crippen LogP contribution in [0, 0.1) is 13.8 Å². The van der Waals surface area contributed by atoms with Crippen LogP contribution >= 0.6 is 0 Å². The van der Waals surface area contributed by atoms with Crippen molar-refractivity contribution in [2.75, 3.05) is 13.1 Å². The van der Waals surface area contributed by atoms with Gasteiger partial charge < -0.3 is 10.0 Å². The van der Waals surface area contributed by atoms with Crippen LogP contribution in [-0.4, -0.2) is 35.1 Å². The Kier molecular flexibility index (Phi) is 4.38. The van der Waals surface area contributed by atoms with Crippen molar-refractivity contribution >= 4 is 12.0 Å². The molecule has 0 radical (unpaired) electrons. The Hall–Kier alpha value is -1.61. The van der Waals surface area contributed by atoms with Crippen molar-refractivity contribution in [2.45, 2.75) is 32.8 Å². The molecule has 0 spiro atoms. The van der Waals surface area contributed by atoms with Gasteiger partial charge >= 0.3 is 0 Å². The highest BCUT2D eigenvalue weighted by molar-refractivity contribution is 5.92. The molecule has 19 heavy (non-hydrogen) atoms. The summed E-state index contributed by atoms with van der Waals surface area (Å²) >= 11 is 0. The Morgan fingerprint density at radius 1 is 1.32 bits per heavy atom. The second-order valence-corrected chi connectivity index (χ2v) is 5.25. The van der Waals surface area contributed by atoms with E-state index in [1.165, 1.54) is 11.1 Å². The fourth-order valence-electron chi connectivity index (χ4n) is 2.37. The second-order valence-electron chi connectivity index (χ2n) is 5.25. The quantitative estimate of drug-likeness (QED) is 0.828. The summed E-state index contributed by atoms with van der Waals surface area (Å²) in [5, 5.41) is 9.42. The summed E-state index contributed by atoms with van der Waals surface area (Å²) in [5.74, 6) is 0.0341. The van der Waals surface area contributed by atoms with Crippen LogP contribution in [0.4, 0.5) is 0 Å². The first-order valence-corrected chi connectivity index (χ1v) is 6.78. The summed E-state index contributed by atoms with van der Waals surface area (Å²) in [5.41, 5.74) is 3.49. The second kappa shape index (κ2) is 6.02. The number of carbonyl (C=O) groups is 1. The summed E-state index contributed by atoms with van der Waals surface area (Å²) < 4.78 is 0. The van der Waals surface area contributed by atoms with Crippen molar-refractivity contribution in [3.8, 4) is 0 Å². The topological polar surface area (TPSA) is 40.5 Å². The third kappa shape index (κ3) is 3.67. The molecule has 0 saturated carbocycles. The van der Waals surface area contributed by atoms with E-state index in [1.54, 1.807) is 11.0 Å². The number of benzene rings is 1. The summed E-state index contributed by atoms with van der Waals surface area (Å²) in [6.07, 6.45) is 4.64. The van der Waals surface area contributed by atoms with Gasteiger partial charge in [-0.1, -0.05) is 23.8 Å². The number of aliphatic hydroxyl groups excluding tert-OH is 1. The average molecular weight is 259 g/mol. The molecular formula is C16H21NO2. The van der Waals surface area contributed by atoms with E-state index in [2.05, 4.69) is 26.0 Å². The first-order valence-electron chi connectivity index (χ1n) is 6.78. The Labute approximate surface area is 114 Å². The average Bonchev–Trinajstić information content (AvgIpc) is 2.38. The van der Waals surface area contributed by atoms with Crippen molar-refractivity contribution in [2.24, 2.45) is 0 Å². The molecule has 1 saturated heterocycles. The minimum absolute atomic E-state index is 0.0341. The van der Waals surface area contributed by atoms with E-state index in [4.69, 9.17) is 0 Å². The molecule has 0 atom stereocenters. The molecule has 0 bridgehead atoms. The van der Waals surface area contributed by atoms with Crippen LogP contribution in [0.25, 0.3) is 6.08 Å². The maximum absolute atomic E-state index is 12.0. The summed E-state index contributed by atoms with van der Waals surface area (Å²) in [7, 11) is 0. The van der Waals surface area contributed by atoms with Gasteiger partial charge in [-0.05, 0) is 43.9 Å². The number of likely N-dealkylation sites (tertiary alicyclic amines) is 1. The van der Waals surface area contributed by atoms with Gasteiger partial charge in [-0.2, -0.15) is 0 Å². The Morgan fingerprint density at radius 2 is 2.00 bits per heavy atom. The predicted molar refractivity (Wildman–Crippen MR) is 76.8 cm³/mol. The molecule has 2 rings (SSSR count). The van der Waals surface area contributed by atoms with Crippen molar-refractivity contribution in [3.63, 3.8) is 0 Å². The van der Waals surface area contributed by atoms with Crippen LogP contribution in [0.5, 0.6) is 0 Å². The minimum atomic E-state index is -0.243. The van der Waals surface area contributed by atoms with Crippen LogP contribution in [-0.2, 0) is 4.79 Å². The first-order chi connectivity index (χ1) is 9.06. The molecule has 0 aromatic heterocycles. The highest BCUT2D eigenvalue weighted by atomic mass is 16.3. The van der Waals surface area contributed by atoms with E-state index < -0.39 is 0 Å². The van der Waals surface area contributed by atoms with Gasteiger partial charge in [0.25, 0.3) is 0 Å². The van der Waals surface area contributed by atoms with Gasteiger partial charge in [-0.15, -0.1) is 0 Å². The number of aryl methyl sites for hydroxylation is 2. The molecule has 0 unspecified atom stereocenters. The van der Waals surface area contributed by atoms with E-state index >= 15 is 0 Å². The van der Waals surface area contributed by atoms with Crippen LogP contribution in [0.3, 0.4) is 0 Å². The van der Waals surface area contributed by atoms with Gasteiger partial charge in [0.05, 0.1) is 6.10 Å². The standard InChI is InChI=1S/C16H21NO2/c1-12-3-4-14(13(2)11-12)5-6-16(19)17-9-7-15(18)8-10-17/h3-6,11,15,18H,7-10H2,1-2H3/b6-5+. The molecule has 1 aliphatic rings. The Morgan fingerprint density at radius 3 is 2.63 bits per heavy atom. The van der Waals surface area contributed by atoms with Crippen molar-refractivity contribution in [1.82, 2.24) is 4.90 Å². The van der Waals surface area contributed by atoms with E-state index in [-0.39, 0.29) is 12.0 Å². The van der Waals surface area contributed by atoms with Crippen LogP contribution in [0.2, 0.25) is 0 Å².